The molecule has 1 fully saturated rings. The minimum Gasteiger partial charge on any atom is -0.383 e. The van der Waals surface area contributed by atoms with Crippen LogP contribution in [0.1, 0.15) is 28.8 Å². The van der Waals surface area contributed by atoms with Gasteiger partial charge in [-0.05, 0) is 43.1 Å². The first-order valence-corrected chi connectivity index (χ1v) is 7.28. The van der Waals surface area contributed by atoms with Crippen LogP contribution in [-0.2, 0) is 6.54 Å². The minimum absolute atomic E-state index is 0.277. The molecule has 0 saturated carbocycles. The number of aldehydes is 1. The van der Waals surface area contributed by atoms with Gasteiger partial charge in [-0.3, -0.25) is 9.69 Å². The van der Waals surface area contributed by atoms with E-state index in [0.717, 1.165) is 24.0 Å². The second kappa shape index (κ2) is 6.06. The standard InChI is InChI=1S/C17H19N3O/c18-17-16(12-21)9-15(10-19-17)14-5-3-13(4-6-14)11-20-7-1-2-8-20/h3-6,9-10,12H,1-2,7-8,11H2,(H2,18,19). The van der Waals surface area contributed by atoms with Crippen molar-refractivity contribution in [3.63, 3.8) is 0 Å². The van der Waals surface area contributed by atoms with Gasteiger partial charge in [0, 0.05) is 18.3 Å². The molecule has 4 nitrogen and oxygen atoms in total. The van der Waals surface area contributed by atoms with E-state index in [9.17, 15) is 4.79 Å². The average molecular weight is 281 g/mol. The van der Waals surface area contributed by atoms with Crippen LogP contribution < -0.4 is 5.73 Å². The number of rotatable bonds is 4. The fourth-order valence-electron chi connectivity index (χ4n) is 2.75. The fourth-order valence-corrected chi connectivity index (χ4v) is 2.75. The summed E-state index contributed by atoms with van der Waals surface area (Å²) in [7, 11) is 0. The lowest BCUT2D eigenvalue weighted by atomic mass is 10.0. The third kappa shape index (κ3) is 3.11. The summed E-state index contributed by atoms with van der Waals surface area (Å²) in [6.07, 6.45) is 5.07. The van der Waals surface area contributed by atoms with Crippen LogP contribution in [0.4, 0.5) is 5.82 Å². The van der Waals surface area contributed by atoms with Gasteiger partial charge in [0.15, 0.2) is 6.29 Å². The maximum atomic E-state index is 10.9. The number of carbonyl (C=O) groups is 1. The fraction of sp³-hybridized carbons (Fsp3) is 0.294. The highest BCUT2D eigenvalue weighted by Crippen LogP contribution is 2.22. The van der Waals surface area contributed by atoms with Gasteiger partial charge in [0.2, 0.25) is 0 Å². The quantitative estimate of drug-likeness (QED) is 0.875. The van der Waals surface area contributed by atoms with E-state index in [4.69, 9.17) is 5.73 Å². The van der Waals surface area contributed by atoms with Crippen LogP contribution in [0.15, 0.2) is 36.5 Å². The Morgan fingerprint density at radius 3 is 2.52 bits per heavy atom. The van der Waals surface area contributed by atoms with Gasteiger partial charge in [-0.15, -0.1) is 0 Å². The van der Waals surface area contributed by atoms with Gasteiger partial charge in [0.1, 0.15) is 5.82 Å². The lowest BCUT2D eigenvalue weighted by Gasteiger charge is -2.14. The predicted octanol–water partition coefficient (Wildman–Crippen LogP) is 2.74. The van der Waals surface area contributed by atoms with Crippen LogP contribution in [0.25, 0.3) is 11.1 Å². The summed E-state index contributed by atoms with van der Waals surface area (Å²) >= 11 is 0. The third-order valence-electron chi connectivity index (χ3n) is 3.97. The van der Waals surface area contributed by atoms with Crippen molar-refractivity contribution >= 4 is 12.1 Å². The van der Waals surface area contributed by atoms with Crippen molar-refractivity contribution in [1.29, 1.82) is 0 Å². The normalized spacial score (nSPS) is 15.2. The molecule has 4 heteroatoms. The van der Waals surface area contributed by atoms with Crippen LogP contribution in [-0.4, -0.2) is 29.3 Å². The molecule has 0 bridgehead atoms. The molecule has 2 heterocycles. The van der Waals surface area contributed by atoms with E-state index in [2.05, 4.69) is 34.1 Å². The van der Waals surface area contributed by atoms with Crippen molar-refractivity contribution in [2.24, 2.45) is 0 Å². The Morgan fingerprint density at radius 2 is 1.86 bits per heavy atom. The first-order valence-electron chi connectivity index (χ1n) is 7.28. The molecular formula is C17H19N3O. The number of aromatic nitrogens is 1. The van der Waals surface area contributed by atoms with Gasteiger partial charge in [0.25, 0.3) is 0 Å². The molecule has 1 aromatic heterocycles. The molecule has 2 aromatic rings. The molecule has 0 amide bonds. The third-order valence-corrected chi connectivity index (χ3v) is 3.97. The van der Waals surface area contributed by atoms with Crippen LogP contribution >= 0.6 is 0 Å². The molecule has 0 unspecified atom stereocenters. The largest absolute Gasteiger partial charge is 0.383 e. The summed E-state index contributed by atoms with van der Waals surface area (Å²) in [6.45, 7) is 3.42. The van der Waals surface area contributed by atoms with Crippen LogP contribution in [0.2, 0.25) is 0 Å². The lowest BCUT2D eigenvalue weighted by molar-refractivity contribution is 0.112. The van der Waals surface area contributed by atoms with E-state index in [1.54, 1.807) is 12.3 Å². The Hall–Kier alpha value is -2.20. The molecule has 1 saturated heterocycles. The SMILES string of the molecule is Nc1ncc(-c2ccc(CN3CCCC3)cc2)cc1C=O. The summed E-state index contributed by atoms with van der Waals surface area (Å²) in [5, 5.41) is 0. The smallest absolute Gasteiger partial charge is 0.153 e. The Labute approximate surface area is 124 Å². The highest BCUT2D eigenvalue weighted by Gasteiger charge is 2.11. The number of carbonyl (C=O) groups excluding carboxylic acids is 1. The zero-order valence-corrected chi connectivity index (χ0v) is 12.0. The molecule has 0 atom stereocenters. The van der Waals surface area contributed by atoms with Gasteiger partial charge < -0.3 is 5.73 Å². The number of nitrogens with zero attached hydrogens (tertiary/aromatic N) is 2. The van der Waals surface area contributed by atoms with Crippen molar-refractivity contribution in [3.8, 4) is 11.1 Å². The number of pyridine rings is 1. The highest BCUT2D eigenvalue weighted by atomic mass is 16.1. The Balaban J connectivity index is 1.78. The average Bonchev–Trinajstić information content (AvgIpc) is 3.02. The van der Waals surface area contributed by atoms with E-state index >= 15 is 0 Å². The molecule has 21 heavy (non-hydrogen) atoms. The molecule has 3 rings (SSSR count). The van der Waals surface area contributed by atoms with E-state index in [0.29, 0.717) is 5.56 Å². The molecule has 0 radical (unpaired) electrons. The summed E-state index contributed by atoms with van der Waals surface area (Å²) in [6, 6.07) is 10.2. The summed E-state index contributed by atoms with van der Waals surface area (Å²) in [5.41, 5.74) is 9.37. The Morgan fingerprint density at radius 1 is 1.14 bits per heavy atom. The van der Waals surface area contributed by atoms with Crippen molar-refractivity contribution in [1.82, 2.24) is 9.88 Å². The van der Waals surface area contributed by atoms with E-state index < -0.39 is 0 Å². The van der Waals surface area contributed by atoms with Crippen molar-refractivity contribution in [2.75, 3.05) is 18.8 Å². The van der Waals surface area contributed by atoms with Gasteiger partial charge >= 0.3 is 0 Å². The van der Waals surface area contributed by atoms with Gasteiger partial charge in [0.05, 0.1) is 5.56 Å². The maximum Gasteiger partial charge on any atom is 0.153 e. The molecule has 1 aromatic carbocycles. The number of benzene rings is 1. The van der Waals surface area contributed by atoms with Gasteiger partial charge in [-0.25, -0.2) is 4.98 Å². The first kappa shape index (κ1) is 13.8. The van der Waals surface area contributed by atoms with Crippen molar-refractivity contribution < 1.29 is 4.79 Å². The van der Waals surface area contributed by atoms with Crippen molar-refractivity contribution in [2.45, 2.75) is 19.4 Å². The van der Waals surface area contributed by atoms with E-state index in [1.807, 2.05) is 0 Å². The summed E-state index contributed by atoms with van der Waals surface area (Å²) < 4.78 is 0. The Kier molecular flexibility index (Phi) is 3.97. The maximum absolute atomic E-state index is 10.9. The highest BCUT2D eigenvalue weighted by molar-refractivity contribution is 5.84. The number of hydrogen-bond acceptors (Lipinski definition) is 4. The number of hydrogen-bond donors (Lipinski definition) is 1. The molecule has 2 N–H and O–H groups in total. The van der Waals surface area contributed by atoms with Gasteiger partial charge in [-0.1, -0.05) is 24.3 Å². The number of nitrogens with two attached hydrogens (primary N) is 1. The first-order chi connectivity index (χ1) is 10.3. The van der Waals surface area contributed by atoms with Crippen LogP contribution in [0.5, 0.6) is 0 Å². The monoisotopic (exact) mass is 281 g/mol. The van der Waals surface area contributed by atoms with E-state index in [1.165, 1.54) is 31.5 Å². The minimum atomic E-state index is 0.277. The number of likely N-dealkylation sites (tertiary alicyclic amines) is 1. The second-order valence-electron chi connectivity index (χ2n) is 5.50. The Bertz CT molecular complexity index is 631. The molecule has 1 aliphatic rings. The zero-order valence-electron chi connectivity index (χ0n) is 12.0. The predicted molar refractivity (Wildman–Crippen MR) is 84.0 cm³/mol. The van der Waals surface area contributed by atoms with Crippen LogP contribution in [0.3, 0.4) is 0 Å². The topological polar surface area (TPSA) is 59.2 Å². The lowest BCUT2D eigenvalue weighted by Crippen LogP contribution is -2.18. The number of anilines is 1. The molecule has 1 aliphatic heterocycles. The summed E-state index contributed by atoms with van der Waals surface area (Å²) in [5.74, 6) is 0.277. The molecule has 108 valence electrons. The second-order valence-corrected chi connectivity index (χ2v) is 5.50. The molecule has 0 aliphatic carbocycles. The van der Waals surface area contributed by atoms with Gasteiger partial charge in [-0.2, -0.15) is 0 Å². The van der Waals surface area contributed by atoms with Crippen molar-refractivity contribution in [3.05, 3.63) is 47.7 Å². The molecule has 0 spiro atoms. The summed E-state index contributed by atoms with van der Waals surface area (Å²) in [4.78, 5) is 17.5. The van der Waals surface area contributed by atoms with E-state index in [-0.39, 0.29) is 5.82 Å². The van der Waals surface area contributed by atoms with Crippen LogP contribution in [0, 0.1) is 0 Å². The zero-order chi connectivity index (χ0) is 14.7. The molecular weight excluding hydrogens is 262 g/mol. The number of nitrogen functional groups attached to an aromatic ring is 1.